The molecule has 13 heteroatoms. The van der Waals surface area contributed by atoms with Crippen LogP contribution in [0.3, 0.4) is 0 Å². The highest BCUT2D eigenvalue weighted by atomic mass is 35.5. The van der Waals surface area contributed by atoms with Gasteiger partial charge in [-0.25, -0.2) is 16.8 Å². The molecule has 1 amide bonds. The molecule has 42 heavy (non-hydrogen) atoms. The third kappa shape index (κ3) is 6.90. The number of aliphatic hydroxyl groups is 1. The van der Waals surface area contributed by atoms with Gasteiger partial charge < -0.3 is 14.7 Å². The van der Waals surface area contributed by atoms with E-state index in [0.717, 1.165) is 5.56 Å². The number of rotatable bonds is 9. The van der Waals surface area contributed by atoms with Crippen LogP contribution in [-0.2, 0) is 20.0 Å². The molecule has 0 saturated heterocycles. The first-order chi connectivity index (χ1) is 19.7. The monoisotopic (exact) mass is 635 g/mol. The molecular weight excluding hydrogens is 602 g/mol. The number of nitrogens with one attached hydrogen (secondary N) is 1. The molecule has 2 N–H and O–H groups in total. The largest absolute Gasteiger partial charge is 0.488 e. The van der Waals surface area contributed by atoms with E-state index in [2.05, 4.69) is 4.72 Å². The van der Waals surface area contributed by atoms with E-state index in [1.54, 1.807) is 19.1 Å². The lowest BCUT2D eigenvalue weighted by Crippen LogP contribution is -2.50. The average molecular weight is 636 g/mol. The van der Waals surface area contributed by atoms with E-state index in [-0.39, 0.29) is 52.4 Å². The molecule has 0 aromatic heterocycles. The molecule has 4 rings (SSSR count). The number of aliphatic hydroxyl groups excluding tert-OH is 1. The van der Waals surface area contributed by atoms with E-state index >= 15 is 0 Å². The number of likely N-dealkylation sites (N-methyl/N-ethyl adjacent to an activating group) is 1. The Morgan fingerprint density at radius 1 is 1.05 bits per heavy atom. The van der Waals surface area contributed by atoms with Crippen LogP contribution in [0.5, 0.6) is 5.75 Å². The first-order valence-electron chi connectivity index (χ1n) is 13.3. The van der Waals surface area contributed by atoms with Crippen LogP contribution in [0.15, 0.2) is 76.5 Å². The second-order valence-corrected chi connectivity index (χ2v) is 14.7. The molecule has 0 fully saturated rings. The van der Waals surface area contributed by atoms with Gasteiger partial charge in [0.15, 0.2) is 0 Å². The van der Waals surface area contributed by atoms with Gasteiger partial charge in [-0.3, -0.25) is 9.52 Å². The molecule has 0 unspecified atom stereocenters. The van der Waals surface area contributed by atoms with Gasteiger partial charge >= 0.3 is 0 Å². The predicted molar refractivity (Wildman–Crippen MR) is 161 cm³/mol. The van der Waals surface area contributed by atoms with Crippen LogP contribution in [0.25, 0.3) is 0 Å². The van der Waals surface area contributed by atoms with E-state index in [9.17, 15) is 26.7 Å². The molecule has 1 aliphatic rings. The molecule has 10 nitrogen and oxygen atoms in total. The molecule has 0 saturated carbocycles. The van der Waals surface area contributed by atoms with Crippen molar-refractivity contribution >= 4 is 43.2 Å². The molecule has 226 valence electrons. The number of aryl methyl sites for hydroxylation is 1. The molecule has 0 aliphatic carbocycles. The maximum absolute atomic E-state index is 13.7. The number of nitrogens with zero attached hydrogens (tertiary/aromatic N) is 2. The van der Waals surface area contributed by atoms with Gasteiger partial charge in [-0.1, -0.05) is 36.2 Å². The quantitative estimate of drug-likeness (QED) is 0.363. The second kappa shape index (κ2) is 12.6. The van der Waals surface area contributed by atoms with Gasteiger partial charge in [0.2, 0.25) is 10.0 Å². The highest BCUT2D eigenvalue weighted by molar-refractivity contribution is 7.92. The van der Waals surface area contributed by atoms with Crippen molar-refractivity contribution < 1.29 is 31.5 Å². The summed E-state index contributed by atoms with van der Waals surface area (Å²) in [5, 5.41) is 10.3. The van der Waals surface area contributed by atoms with E-state index in [1.165, 1.54) is 70.9 Å². The third-order valence-corrected chi connectivity index (χ3v) is 10.7. The number of hydrogen-bond acceptors (Lipinski definition) is 7. The van der Waals surface area contributed by atoms with Crippen LogP contribution in [0.2, 0.25) is 5.02 Å². The zero-order valence-corrected chi connectivity index (χ0v) is 26.1. The fraction of sp³-hybridized carbons (Fsp3) is 0.345. The first-order valence-corrected chi connectivity index (χ1v) is 16.6. The number of sulfonamides is 2. The number of carbonyl (C=O) groups excluding carboxylic acids is 1. The summed E-state index contributed by atoms with van der Waals surface area (Å²) in [4.78, 5) is 15.3. The fourth-order valence-electron chi connectivity index (χ4n) is 4.57. The molecule has 0 radical (unpaired) electrons. The Morgan fingerprint density at radius 3 is 2.29 bits per heavy atom. The van der Waals surface area contributed by atoms with Gasteiger partial charge in [0.05, 0.1) is 34.5 Å². The minimum absolute atomic E-state index is 0.0388. The molecule has 1 aliphatic heterocycles. The van der Waals surface area contributed by atoms with Crippen LogP contribution >= 0.6 is 11.6 Å². The Balaban J connectivity index is 1.68. The Hall–Kier alpha value is -3.16. The number of benzene rings is 3. The molecule has 3 aromatic carbocycles. The zero-order chi connectivity index (χ0) is 30.8. The minimum Gasteiger partial charge on any atom is -0.488 e. The fourth-order valence-corrected chi connectivity index (χ4v) is 6.93. The van der Waals surface area contributed by atoms with Crippen molar-refractivity contribution in [1.82, 2.24) is 9.21 Å². The number of carbonyl (C=O) groups is 1. The summed E-state index contributed by atoms with van der Waals surface area (Å²) >= 11 is 5.93. The highest BCUT2D eigenvalue weighted by Crippen LogP contribution is 2.32. The van der Waals surface area contributed by atoms with Gasteiger partial charge in [0, 0.05) is 30.2 Å². The van der Waals surface area contributed by atoms with E-state index < -0.39 is 38.1 Å². The maximum atomic E-state index is 13.7. The molecule has 1 heterocycles. The Kier molecular flexibility index (Phi) is 9.53. The first kappa shape index (κ1) is 31.8. The normalized spacial score (nSPS) is 18.5. The smallest absolute Gasteiger partial charge is 0.261 e. The topological polar surface area (TPSA) is 133 Å². The van der Waals surface area contributed by atoms with Crippen molar-refractivity contribution in [2.45, 2.75) is 42.7 Å². The van der Waals surface area contributed by atoms with E-state index in [0.29, 0.717) is 5.02 Å². The van der Waals surface area contributed by atoms with Crippen LogP contribution in [0.4, 0.5) is 5.69 Å². The Morgan fingerprint density at radius 2 is 1.67 bits per heavy atom. The van der Waals surface area contributed by atoms with Crippen molar-refractivity contribution in [2.75, 3.05) is 31.5 Å². The van der Waals surface area contributed by atoms with Gasteiger partial charge in [0.1, 0.15) is 11.9 Å². The Labute approximate surface area is 252 Å². The highest BCUT2D eigenvalue weighted by Gasteiger charge is 2.35. The van der Waals surface area contributed by atoms with Crippen molar-refractivity contribution in [1.29, 1.82) is 0 Å². The number of fused-ring (bicyclic) bond motifs is 1. The van der Waals surface area contributed by atoms with Crippen molar-refractivity contribution in [2.24, 2.45) is 5.92 Å². The predicted octanol–water partition coefficient (Wildman–Crippen LogP) is 3.99. The standard InChI is InChI=1S/C29H34ClN3O7S2/c1-19-5-10-24(11-6-19)41(36,37)31-23-9-14-27-26(15-23)29(35)33(21(3)18-34)16-20(2)28(40-27)17-32(4)42(38,39)25-12-7-22(30)8-13-25/h5-15,20-21,28,31,34H,16-18H2,1-4H3/t20-,21-,28+/m0/s1. The number of amides is 1. The molecule has 3 aromatic rings. The lowest BCUT2D eigenvalue weighted by Gasteiger charge is -2.38. The Bertz CT molecular complexity index is 1650. The van der Waals surface area contributed by atoms with Gasteiger partial charge in [0.25, 0.3) is 15.9 Å². The summed E-state index contributed by atoms with van der Waals surface area (Å²) < 4.78 is 62.5. The number of hydrogen-bond donors (Lipinski definition) is 2. The van der Waals surface area contributed by atoms with Crippen molar-refractivity contribution in [3.8, 4) is 5.75 Å². The lowest BCUT2D eigenvalue weighted by molar-refractivity contribution is 0.0387. The number of anilines is 1. The summed E-state index contributed by atoms with van der Waals surface area (Å²) in [5.74, 6) is -0.615. The van der Waals surface area contributed by atoms with Gasteiger partial charge in [-0.15, -0.1) is 0 Å². The molecular formula is C29H34ClN3O7S2. The summed E-state index contributed by atoms with van der Waals surface area (Å²) in [6.07, 6.45) is -0.688. The van der Waals surface area contributed by atoms with Crippen molar-refractivity contribution in [3.63, 3.8) is 0 Å². The lowest BCUT2D eigenvalue weighted by atomic mass is 9.99. The summed E-state index contributed by atoms with van der Waals surface area (Å²) in [6, 6.07) is 16.0. The SMILES string of the molecule is Cc1ccc(S(=O)(=O)Nc2ccc3c(c2)C(=O)N([C@@H](C)CO)C[C@H](C)[C@@H](CN(C)S(=O)(=O)c2ccc(Cl)cc2)O3)cc1. The molecule has 0 bridgehead atoms. The third-order valence-electron chi connectivity index (χ3n) is 7.21. The average Bonchev–Trinajstić information content (AvgIpc) is 2.95. The van der Waals surface area contributed by atoms with E-state index in [4.69, 9.17) is 16.3 Å². The van der Waals surface area contributed by atoms with Crippen molar-refractivity contribution in [3.05, 3.63) is 82.9 Å². The van der Waals surface area contributed by atoms with E-state index in [1.807, 2.05) is 13.8 Å². The molecule has 0 spiro atoms. The maximum Gasteiger partial charge on any atom is 0.261 e. The number of ether oxygens (including phenoxy) is 1. The number of halogens is 1. The van der Waals surface area contributed by atoms with Gasteiger partial charge in [-0.05, 0) is 68.4 Å². The summed E-state index contributed by atoms with van der Waals surface area (Å²) in [7, 11) is -6.38. The summed E-state index contributed by atoms with van der Waals surface area (Å²) in [6.45, 7) is 5.21. The minimum atomic E-state index is -3.94. The second-order valence-electron chi connectivity index (χ2n) is 10.5. The zero-order valence-electron chi connectivity index (χ0n) is 23.7. The van der Waals surface area contributed by atoms with Crippen LogP contribution in [0, 0.1) is 12.8 Å². The summed E-state index contributed by atoms with van der Waals surface area (Å²) in [5.41, 5.74) is 1.14. The van der Waals surface area contributed by atoms with Crippen LogP contribution < -0.4 is 9.46 Å². The van der Waals surface area contributed by atoms with Gasteiger partial charge in [-0.2, -0.15) is 4.31 Å². The molecule has 3 atom stereocenters. The van der Waals surface area contributed by atoms with Crippen LogP contribution in [0.1, 0.15) is 29.8 Å². The van der Waals surface area contributed by atoms with Crippen LogP contribution in [-0.4, -0.2) is 75.9 Å².